The van der Waals surface area contributed by atoms with Gasteiger partial charge in [0, 0.05) is 32.8 Å². The number of nitrogens with zero attached hydrogens (tertiary/aromatic N) is 1. The molecule has 88 valence electrons. The number of hydrogen-bond acceptors (Lipinski definition) is 3. The molecule has 0 saturated carbocycles. The summed E-state index contributed by atoms with van der Waals surface area (Å²) in [5.74, 6) is 0.932. The van der Waals surface area contributed by atoms with Gasteiger partial charge in [-0.15, -0.1) is 0 Å². The fraction of sp³-hybridized carbons (Fsp3) is 1.00. The number of likely N-dealkylation sites (tertiary alicyclic amines) is 1. The highest BCUT2D eigenvalue weighted by Gasteiger charge is 2.33. The third kappa shape index (κ3) is 3.16. The van der Waals surface area contributed by atoms with Gasteiger partial charge >= 0.3 is 0 Å². The van der Waals surface area contributed by atoms with Crippen LogP contribution in [0.1, 0.15) is 25.7 Å². The topological polar surface area (TPSA) is 24.5 Å². The number of hydrogen-bond donors (Lipinski definition) is 1. The number of unbranched alkanes of at least 4 members (excludes halogenated alkanes) is 1. The third-order valence-electron chi connectivity index (χ3n) is 3.75. The van der Waals surface area contributed by atoms with E-state index in [1.165, 1.54) is 51.9 Å². The molecule has 0 amide bonds. The summed E-state index contributed by atoms with van der Waals surface area (Å²) >= 11 is 0. The summed E-state index contributed by atoms with van der Waals surface area (Å²) in [6.45, 7) is 6.01. The van der Waals surface area contributed by atoms with Crippen molar-refractivity contribution in [2.24, 2.45) is 5.92 Å². The van der Waals surface area contributed by atoms with Crippen molar-refractivity contribution in [1.82, 2.24) is 10.2 Å². The first kappa shape index (κ1) is 11.4. The van der Waals surface area contributed by atoms with Gasteiger partial charge in [-0.3, -0.25) is 0 Å². The van der Waals surface area contributed by atoms with Crippen LogP contribution >= 0.6 is 0 Å². The van der Waals surface area contributed by atoms with Crippen LogP contribution in [0.4, 0.5) is 0 Å². The van der Waals surface area contributed by atoms with Crippen LogP contribution in [-0.2, 0) is 4.74 Å². The Morgan fingerprint density at radius 2 is 2.27 bits per heavy atom. The second-order valence-electron chi connectivity index (χ2n) is 4.92. The first-order valence-electron chi connectivity index (χ1n) is 6.35. The first-order valence-corrected chi connectivity index (χ1v) is 6.35. The average molecular weight is 212 g/mol. The highest BCUT2D eigenvalue weighted by atomic mass is 16.5. The average Bonchev–Trinajstić information content (AvgIpc) is 2.67. The predicted octanol–water partition coefficient (Wildman–Crippen LogP) is 1.10. The highest BCUT2D eigenvalue weighted by Crippen LogP contribution is 2.24. The van der Waals surface area contributed by atoms with Gasteiger partial charge in [-0.25, -0.2) is 0 Å². The highest BCUT2D eigenvalue weighted by molar-refractivity contribution is 4.91. The maximum absolute atomic E-state index is 5.07. The number of methoxy groups -OCH3 is 1. The summed E-state index contributed by atoms with van der Waals surface area (Å²) in [4.78, 5) is 2.63. The van der Waals surface area contributed by atoms with Crippen LogP contribution in [0.25, 0.3) is 0 Å². The quantitative estimate of drug-likeness (QED) is 0.691. The Hall–Kier alpha value is -0.120. The maximum atomic E-state index is 5.07. The minimum atomic E-state index is 0.793. The van der Waals surface area contributed by atoms with Crippen molar-refractivity contribution in [2.75, 3.05) is 39.9 Å². The second kappa shape index (κ2) is 5.83. The minimum absolute atomic E-state index is 0.793. The Morgan fingerprint density at radius 3 is 3.07 bits per heavy atom. The van der Waals surface area contributed by atoms with Crippen molar-refractivity contribution >= 4 is 0 Å². The largest absolute Gasteiger partial charge is 0.385 e. The van der Waals surface area contributed by atoms with E-state index < -0.39 is 0 Å². The van der Waals surface area contributed by atoms with Gasteiger partial charge in [0.2, 0.25) is 0 Å². The minimum Gasteiger partial charge on any atom is -0.385 e. The van der Waals surface area contributed by atoms with Crippen molar-refractivity contribution in [3.63, 3.8) is 0 Å². The van der Waals surface area contributed by atoms with Crippen molar-refractivity contribution in [1.29, 1.82) is 0 Å². The number of rotatable bonds is 5. The molecule has 0 aromatic rings. The molecular formula is C12H24N2O. The molecule has 15 heavy (non-hydrogen) atoms. The van der Waals surface area contributed by atoms with Gasteiger partial charge in [-0.2, -0.15) is 0 Å². The monoisotopic (exact) mass is 212 g/mol. The lowest BCUT2D eigenvalue weighted by Gasteiger charge is -2.24. The van der Waals surface area contributed by atoms with Crippen LogP contribution in [0.3, 0.4) is 0 Å². The molecule has 2 rings (SSSR count). The molecule has 0 aromatic heterocycles. The van der Waals surface area contributed by atoms with E-state index >= 15 is 0 Å². The van der Waals surface area contributed by atoms with Crippen LogP contribution in [0.15, 0.2) is 0 Å². The number of ether oxygens (including phenoxy) is 1. The van der Waals surface area contributed by atoms with E-state index in [2.05, 4.69) is 10.2 Å². The van der Waals surface area contributed by atoms with E-state index in [1.54, 1.807) is 7.11 Å². The van der Waals surface area contributed by atoms with Crippen molar-refractivity contribution in [3.8, 4) is 0 Å². The summed E-state index contributed by atoms with van der Waals surface area (Å²) in [6, 6.07) is 0.793. The van der Waals surface area contributed by atoms with Crippen molar-refractivity contribution < 1.29 is 4.74 Å². The van der Waals surface area contributed by atoms with E-state index in [4.69, 9.17) is 4.74 Å². The number of fused-ring (bicyclic) bond motifs is 1. The second-order valence-corrected chi connectivity index (χ2v) is 4.92. The Labute approximate surface area is 93.2 Å². The van der Waals surface area contributed by atoms with Crippen LogP contribution in [0.2, 0.25) is 0 Å². The molecule has 2 atom stereocenters. The van der Waals surface area contributed by atoms with Crippen molar-refractivity contribution in [3.05, 3.63) is 0 Å². The molecule has 1 N–H and O–H groups in total. The molecule has 0 spiro atoms. The fourth-order valence-corrected chi connectivity index (χ4v) is 2.90. The molecule has 2 heterocycles. The lowest BCUT2D eigenvalue weighted by molar-refractivity contribution is 0.186. The molecule has 0 aromatic carbocycles. The molecule has 3 nitrogen and oxygen atoms in total. The van der Waals surface area contributed by atoms with Gasteiger partial charge < -0.3 is 15.0 Å². The lowest BCUT2D eigenvalue weighted by Crippen LogP contribution is -2.40. The molecule has 2 unspecified atom stereocenters. The van der Waals surface area contributed by atoms with Gasteiger partial charge in [-0.05, 0) is 44.7 Å². The molecule has 0 bridgehead atoms. The van der Waals surface area contributed by atoms with E-state index in [9.17, 15) is 0 Å². The van der Waals surface area contributed by atoms with E-state index in [0.29, 0.717) is 0 Å². The summed E-state index contributed by atoms with van der Waals surface area (Å²) in [6.07, 6.45) is 5.30. The number of nitrogens with one attached hydrogen (secondary N) is 1. The molecule has 2 saturated heterocycles. The SMILES string of the molecule is COCCCCN1CC2CCCNC2C1. The molecule has 2 aliphatic rings. The summed E-state index contributed by atoms with van der Waals surface area (Å²) in [5.41, 5.74) is 0. The summed E-state index contributed by atoms with van der Waals surface area (Å²) in [5, 5.41) is 3.65. The van der Waals surface area contributed by atoms with E-state index in [1.807, 2.05) is 0 Å². The maximum Gasteiger partial charge on any atom is 0.0462 e. The Morgan fingerprint density at radius 1 is 1.33 bits per heavy atom. The Kier molecular flexibility index (Phi) is 4.42. The van der Waals surface area contributed by atoms with Crippen LogP contribution in [0, 0.1) is 5.92 Å². The zero-order valence-electron chi connectivity index (χ0n) is 9.87. The zero-order chi connectivity index (χ0) is 10.5. The van der Waals surface area contributed by atoms with Gasteiger partial charge in [0.15, 0.2) is 0 Å². The third-order valence-corrected chi connectivity index (χ3v) is 3.75. The van der Waals surface area contributed by atoms with Gasteiger partial charge in [0.25, 0.3) is 0 Å². The Balaban J connectivity index is 1.63. The fourth-order valence-electron chi connectivity index (χ4n) is 2.90. The molecule has 0 aliphatic carbocycles. The Bertz CT molecular complexity index is 172. The van der Waals surface area contributed by atoms with E-state index in [-0.39, 0.29) is 0 Å². The van der Waals surface area contributed by atoms with Gasteiger partial charge in [0.05, 0.1) is 0 Å². The van der Waals surface area contributed by atoms with Gasteiger partial charge in [0.1, 0.15) is 0 Å². The molecule has 2 aliphatic heterocycles. The van der Waals surface area contributed by atoms with Gasteiger partial charge in [-0.1, -0.05) is 0 Å². The molecule has 2 fully saturated rings. The van der Waals surface area contributed by atoms with Crippen LogP contribution in [-0.4, -0.2) is 50.8 Å². The molecule has 3 heteroatoms. The molecule has 0 radical (unpaired) electrons. The number of piperidine rings is 1. The zero-order valence-corrected chi connectivity index (χ0v) is 9.87. The lowest BCUT2D eigenvalue weighted by atomic mass is 9.94. The predicted molar refractivity (Wildman–Crippen MR) is 62.1 cm³/mol. The summed E-state index contributed by atoms with van der Waals surface area (Å²) in [7, 11) is 1.79. The van der Waals surface area contributed by atoms with Crippen molar-refractivity contribution in [2.45, 2.75) is 31.7 Å². The van der Waals surface area contributed by atoms with E-state index in [0.717, 1.165) is 18.6 Å². The van der Waals surface area contributed by atoms with Crippen LogP contribution in [0.5, 0.6) is 0 Å². The normalized spacial score (nSPS) is 31.8. The smallest absolute Gasteiger partial charge is 0.0462 e. The van der Waals surface area contributed by atoms with Crippen LogP contribution < -0.4 is 5.32 Å². The first-order chi connectivity index (χ1) is 7.40. The molecular weight excluding hydrogens is 188 g/mol. The summed E-state index contributed by atoms with van der Waals surface area (Å²) < 4.78 is 5.07. The standard InChI is InChI=1S/C12H24N2O/c1-15-8-3-2-7-14-9-11-5-4-6-13-12(11)10-14/h11-13H,2-10H2,1H3.